The predicted molar refractivity (Wildman–Crippen MR) is 119 cm³/mol. The summed E-state index contributed by atoms with van der Waals surface area (Å²) in [6.45, 7) is 2.11. The molecule has 0 radical (unpaired) electrons. The number of hydrogen-bond donors (Lipinski definition) is 0. The van der Waals surface area contributed by atoms with E-state index in [1.807, 2.05) is 0 Å². The molecule has 1 fully saturated rings. The molecule has 5 nitrogen and oxygen atoms in total. The second kappa shape index (κ2) is 7.02. The number of fused-ring (bicyclic) bond motifs is 4. The molecule has 0 atom stereocenters. The lowest BCUT2D eigenvalue weighted by atomic mass is 9.87. The highest BCUT2D eigenvalue weighted by Gasteiger charge is 2.25. The molecule has 29 heavy (non-hydrogen) atoms. The fourth-order valence-corrected chi connectivity index (χ4v) is 6.06. The van der Waals surface area contributed by atoms with Crippen LogP contribution in [0.1, 0.15) is 43.4 Å². The highest BCUT2D eigenvalue weighted by Crippen LogP contribution is 2.44. The van der Waals surface area contributed by atoms with Gasteiger partial charge in [-0.05, 0) is 66.8 Å². The molecule has 0 bridgehead atoms. The molecule has 0 spiro atoms. The van der Waals surface area contributed by atoms with Crippen LogP contribution in [0.25, 0.3) is 31.6 Å². The van der Waals surface area contributed by atoms with Gasteiger partial charge in [0, 0.05) is 24.2 Å². The van der Waals surface area contributed by atoms with Gasteiger partial charge in [-0.15, -0.1) is 21.5 Å². The highest BCUT2D eigenvalue weighted by molar-refractivity contribution is 7.26. The van der Waals surface area contributed by atoms with Crippen LogP contribution in [0.5, 0.6) is 0 Å². The second-order valence-corrected chi connectivity index (χ2v) is 9.10. The zero-order chi connectivity index (χ0) is 19.2. The van der Waals surface area contributed by atoms with Crippen molar-refractivity contribution in [2.75, 3.05) is 18.0 Å². The summed E-state index contributed by atoms with van der Waals surface area (Å²) < 4.78 is 1.14. The number of aryl methyl sites for hydroxylation is 1. The van der Waals surface area contributed by atoms with Crippen molar-refractivity contribution < 1.29 is 0 Å². The molecule has 1 aliphatic carbocycles. The molecule has 3 aromatic heterocycles. The van der Waals surface area contributed by atoms with E-state index in [4.69, 9.17) is 4.98 Å². The van der Waals surface area contributed by atoms with Gasteiger partial charge in [0.1, 0.15) is 15.0 Å². The number of pyridine rings is 1. The second-order valence-electron chi connectivity index (χ2n) is 8.11. The van der Waals surface area contributed by atoms with Crippen LogP contribution >= 0.6 is 11.3 Å². The largest absolute Gasteiger partial charge is 0.354 e. The van der Waals surface area contributed by atoms with Gasteiger partial charge in [-0.25, -0.2) is 4.98 Å². The quantitative estimate of drug-likeness (QED) is 0.464. The van der Waals surface area contributed by atoms with Crippen LogP contribution in [-0.2, 0) is 12.8 Å². The lowest BCUT2D eigenvalue weighted by Crippen LogP contribution is -2.30. The van der Waals surface area contributed by atoms with E-state index in [1.165, 1.54) is 59.9 Å². The smallest absolute Gasteiger partial charge is 0.172 e. The minimum Gasteiger partial charge on any atom is -0.354 e. The van der Waals surface area contributed by atoms with Crippen LogP contribution in [-0.4, -0.2) is 33.5 Å². The van der Waals surface area contributed by atoms with E-state index in [-0.39, 0.29) is 0 Å². The summed E-state index contributed by atoms with van der Waals surface area (Å²) >= 11 is 1.75. The SMILES string of the molecule is c1ccc(-c2c3c(nc4sc5c(N6CCCCC6)nnnc5c24)CCCC3)cc1. The highest BCUT2D eigenvalue weighted by atomic mass is 32.1. The van der Waals surface area contributed by atoms with Crippen molar-refractivity contribution in [2.45, 2.75) is 44.9 Å². The van der Waals surface area contributed by atoms with Crippen molar-refractivity contribution in [2.24, 2.45) is 0 Å². The molecule has 4 aromatic rings. The summed E-state index contributed by atoms with van der Waals surface area (Å²) in [7, 11) is 0. The van der Waals surface area contributed by atoms with Crippen molar-refractivity contribution in [3.8, 4) is 11.1 Å². The maximum atomic E-state index is 5.13. The van der Waals surface area contributed by atoms with Crippen LogP contribution in [0.15, 0.2) is 30.3 Å². The third-order valence-electron chi connectivity index (χ3n) is 6.30. The predicted octanol–water partition coefficient (Wildman–Crippen LogP) is 5.17. The van der Waals surface area contributed by atoms with Crippen molar-refractivity contribution >= 4 is 37.6 Å². The van der Waals surface area contributed by atoms with E-state index in [0.29, 0.717) is 0 Å². The number of piperidine rings is 1. The van der Waals surface area contributed by atoms with Crippen LogP contribution < -0.4 is 4.90 Å². The zero-order valence-corrected chi connectivity index (χ0v) is 17.2. The average Bonchev–Trinajstić information content (AvgIpc) is 3.16. The summed E-state index contributed by atoms with van der Waals surface area (Å²) in [5.74, 6) is 0.995. The molecule has 0 saturated carbocycles. The molecule has 6 rings (SSSR count). The molecular weight excluding hydrogens is 378 g/mol. The van der Waals surface area contributed by atoms with E-state index in [2.05, 4.69) is 50.6 Å². The minimum absolute atomic E-state index is 0.973. The summed E-state index contributed by atoms with van der Waals surface area (Å²) in [5, 5.41) is 14.4. The number of rotatable bonds is 2. The van der Waals surface area contributed by atoms with Gasteiger partial charge in [-0.2, -0.15) is 0 Å². The first-order chi connectivity index (χ1) is 14.4. The van der Waals surface area contributed by atoms with Crippen molar-refractivity contribution in [1.29, 1.82) is 0 Å². The molecule has 146 valence electrons. The van der Waals surface area contributed by atoms with Gasteiger partial charge in [0.05, 0.1) is 0 Å². The molecule has 2 aliphatic rings. The molecule has 0 amide bonds. The summed E-state index contributed by atoms with van der Waals surface area (Å²) in [5.41, 5.74) is 6.24. The van der Waals surface area contributed by atoms with E-state index >= 15 is 0 Å². The maximum absolute atomic E-state index is 5.13. The molecule has 6 heteroatoms. The minimum atomic E-state index is 0.973. The van der Waals surface area contributed by atoms with Gasteiger partial charge in [0.25, 0.3) is 0 Å². The Balaban J connectivity index is 1.68. The normalized spacial score (nSPS) is 17.0. The van der Waals surface area contributed by atoms with Gasteiger partial charge in [0.15, 0.2) is 5.82 Å². The van der Waals surface area contributed by atoms with Crippen molar-refractivity contribution in [3.05, 3.63) is 41.6 Å². The van der Waals surface area contributed by atoms with Gasteiger partial charge in [-0.3, -0.25) is 0 Å². The van der Waals surface area contributed by atoms with Gasteiger partial charge in [-0.1, -0.05) is 30.3 Å². The van der Waals surface area contributed by atoms with E-state index in [0.717, 1.165) is 46.8 Å². The lowest BCUT2D eigenvalue weighted by molar-refractivity contribution is 0.571. The molecule has 4 heterocycles. The molecule has 1 aromatic carbocycles. The Morgan fingerprint density at radius 3 is 2.55 bits per heavy atom. The fourth-order valence-electron chi connectivity index (χ4n) is 4.91. The first kappa shape index (κ1) is 17.3. The summed E-state index contributed by atoms with van der Waals surface area (Å²) in [4.78, 5) is 8.60. The standard InChI is InChI=1S/C23H23N5S/c1-3-9-15(10-4-1)18-16-11-5-6-12-17(16)24-23-19(18)20-21(29-23)22(26-27-25-20)28-13-7-2-8-14-28/h1,3-4,9-10H,2,5-8,11-14H2. The van der Waals surface area contributed by atoms with E-state index < -0.39 is 0 Å². The topological polar surface area (TPSA) is 54.8 Å². The number of hydrogen-bond acceptors (Lipinski definition) is 6. The van der Waals surface area contributed by atoms with Gasteiger partial charge in [0.2, 0.25) is 0 Å². The number of thiophene rings is 1. The Labute approximate surface area is 173 Å². The number of anilines is 1. The van der Waals surface area contributed by atoms with Gasteiger partial charge < -0.3 is 4.90 Å². The van der Waals surface area contributed by atoms with Crippen molar-refractivity contribution in [1.82, 2.24) is 20.4 Å². The number of aromatic nitrogens is 4. The van der Waals surface area contributed by atoms with Gasteiger partial charge >= 0.3 is 0 Å². The lowest BCUT2D eigenvalue weighted by Gasteiger charge is -2.27. The Bertz CT molecular complexity index is 1190. The fraction of sp³-hybridized carbons (Fsp3) is 0.391. The summed E-state index contributed by atoms with van der Waals surface area (Å²) in [6.07, 6.45) is 8.37. The maximum Gasteiger partial charge on any atom is 0.172 e. The average molecular weight is 402 g/mol. The third-order valence-corrected chi connectivity index (χ3v) is 7.37. The molecule has 0 unspecified atom stereocenters. The van der Waals surface area contributed by atoms with Crippen molar-refractivity contribution in [3.63, 3.8) is 0 Å². The Hall–Kier alpha value is -2.60. The Morgan fingerprint density at radius 1 is 0.862 bits per heavy atom. The molecule has 0 N–H and O–H groups in total. The number of benzene rings is 1. The monoisotopic (exact) mass is 401 g/mol. The van der Waals surface area contributed by atoms with Crippen LogP contribution in [0, 0.1) is 0 Å². The van der Waals surface area contributed by atoms with E-state index in [1.54, 1.807) is 11.3 Å². The summed E-state index contributed by atoms with van der Waals surface area (Å²) in [6, 6.07) is 10.8. The zero-order valence-electron chi connectivity index (χ0n) is 16.4. The first-order valence-electron chi connectivity index (χ1n) is 10.7. The van der Waals surface area contributed by atoms with Crippen LogP contribution in [0.4, 0.5) is 5.82 Å². The Kier molecular flexibility index (Phi) is 4.18. The molecule has 1 aliphatic heterocycles. The third kappa shape index (κ3) is 2.81. The van der Waals surface area contributed by atoms with Crippen LogP contribution in [0.2, 0.25) is 0 Å². The Morgan fingerprint density at radius 2 is 1.69 bits per heavy atom. The van der Waals surface area contributed by atoms with Crippen LogP contribution in [0.3, 0.4) is 0 Å². The number of nitrogens with zero attached hydrogens (tertiary/aromatic N) is 5. The molecular formula is C23H23N5S. The van der Waals surface area contributed by atoms with E-state index in [9.17, 15) is 0 Å². The first-order valence-corrected chi connectivity index (χ1v) is 11.5. The molecule has 1 saturated heterocycles.